The Morgan fingerprint density at radius 3 is 2.95 bits per heavy atom. The summed E-state index contributed by atoms with van der Waals surface area (Å²) in [4.78, 5) is 8.19. The number of hydrogen-bond donors (Lipinski definition) is 0. The van der Waals surface area contributed by atoms with Gasteiger partial charge in [0.25, 0.3) is 0 Å². The molecular formula is C16H15ClN2O. The van der Waals surface area contributed by atoms with Crippen LogP contribution < -0.4 is 4.74 Å². The van der Waals surface area contributed by atoms with Crippen LogP contribution in [0, 0.1) is 11.8 Å². The summed E-state index contributed by atoms with van der Waals surface area (Å²) >= 11 is 5.58. The maximum absolute atomic E-state index is 5.67. The van der Waals surface area contributed by atoms with E-state index in [0.717, 1.165) is 23.3 Å². The highest BCUT2D eigenvalue weighted by Crippen LogP contribution is 2.11. The second-order valence-corrected chi connectivity index (χ2v) is 4.49. The summed E-state index contributed by atoms with van der Waals surface area (Å²) < 4.78 is 5.67. The average Bonchev–Trinajstić information content (AvgIpc) is 2.49. The van der Waals surface area contributed by atoms with Crippen LogP contribution in [0.4, 0.5) is 0 Å². The van der Waals surface area contributed by atoms with E-state index in [1.54, 1.807) is 18.6 Å². The van der Waals surface area contributed by atoms with Crippen molar-refractivity contribution in [2.24, 2.45) is 0 Å². The number of nitrogens with zero attached hydrogens (tertiary/aromatic N) is 2. The van der Waals surface area contributed by atoms with E-state index in [1.807, 2.05) is 24.4 Å². The molecule has 0 unspecified atom stereocenters. The summed E-state index contributed by atoms with van der Waals surface area (Å²) in [5, 5.41) is 0. The van der Waals surface area contributed by atoms with Gasteiger partial charge in [0, 0.05) is 42.9 Å². The van der Waals surface area contributed by atoms with Crippen LogP contribution in [0.25, 0.3) is 0 Å². The fourth-order valence-electron chi connectivity index (χ4n) is 1.61. The summed E-state index contributed by atoms with van der Waals surface area (Å²) in [5.74, 6) is 7.25. The second-order valence-electron chi connectivity index (χ2n) is 4.11. The van der Waals surface area contributed by atoms with Crippen LogP contribution in [0.15, 0.2) is 43.0 Å². The molecule has 102 valence electrons. The monoisotopic (exact) mass is 286 g/mol. The molecule has 0 aliphatic carbocycles. The zero-order chi connectivity index (χ0) is 14.0. The van der Waals surface area contributed by atoms with E-state index in [0.29, 0.717) is 18.9 Å². The van der Waals surface area contributed by atoms with Gasteiger partial charge >= 0.3 is 0 Å². The standard InChI is InChI=1S/C16H15ClN2O/c17-7-2-1-4-15-10-16(13-19-12-15)20-9-6-14-5-3-8-18-11-14/h3,5,8,10-13H,2,6-7,9H2. The lowest BCUT2D eigenvalue weighted by Crippen LogP contribution is -2.02. The van der Waals surface area contributed by atoms with Crippen molar-refractivity contribution in [3.05, 3.63) is 54.1 Å². The predicted molar refractivity (Wildman–Crippen MR) is 79.9 cm³/mol. The quantitative estimate of drug-likeness (QED) is 0.626. The van der Waals surface area contributed by atoms with Crippen LogP contribution in [-0.4, -0.2) is 22.5 Å². The minimum Gasteiger partial charge on any atom is -0.492 e. The Kier molecular flexibility index (Phi) is 5.88. The summed E-state index contributed by atoms with van der Waals surface area (Å²) in [5.41, 5.74) is 1.99. The van der Waals surface area contributed by atoms with E-state index in [2.05, 4.69) is 21.8 Å². The van der Waals surface area contributed by atoms with Gasteiger partial charge in [0.05, 0.1) is 12.8 Å². The molecule has 2 rings (SSSR count). The average molecular weight is 287 g/mol. The van der Waals surface area contributed by atoms with Crippen LogP contribution in [0.3, 0.4) is 0 Å². The molecule has 3 nitrogen and oxygen atoms in total. The van der Waals surface area contributed by atoms with E-state index in [9.17, 15) is 0 Å². The van der Waals surface area contributed by atoms with Gasteiger partial charge in [-0.25, -0.2) is 0 Å². The van der Waals surface area contributed by atoms with Crippen molar-refractivity contribution in [1.29, 1.82) is 0 Å². The lowest BCUT2D eigenvalue weighted by atomic mass is 10.2. The molecule has 2 aromatic rings. The molecule has 0 aliphatic rings. The Morgan fingerprint density at radius 1 is 1.20 bits per heavy atom. The topological polar surface area (TPSA) is 35.0 Å². The SMILES string of the molecule is ClCCC#Cc1cncc(OCCc2cccnc2)c1. The molecule has 0 N–H and O–H groups in total. The van der Waals surface area contributed by atoms with Gasteiger partial charge in [-0.05, 0) is 17.7 Å². The van der Waals surface area contributed by atoms with Crippen LogP contribution in [0.1, 0.15) is 17.5 Å². The second kappa shape index (κ2) is 8.19. The smallest absolute Gasteiger partial charge is 0.138 e. The number of ether oxygens (including phenoxy) is 1. The molecule has 0 fully saturated rings. The van der Waals surface area contributed by atoms with Crippen molar-refractivity contribution >= 4 is 11.6 Å². The predicted octanol–water partition coefficient (Wildman–Crippen LogP) is 3.08. The molecule has 0 amide bonds. The van der Waals surface area contributed by atoms with Gasteiger partial charge < -0.3 is 4.74 Å². The molecule has 0 atom stereocenters. The summed E-state index contributed by atoms with van der Waals surface area (Å²) in [6, 6.07) is 5.84. The first kappa shape index (κ1) is 14.4. The molecule has 0 saturated heterocycles. The van der Waals surface area contributed by atoms with Gasteiger partial charge in [0.2, 0.25) is 0 Å². The Bertz CT molecular complexity index is 590. The first-order valence-electron chi connectivity index (χ1n) is 6.40. The maximum Gasteiger partial charge on any atom is 0.138 e. The molecule has 0 aliphatic heterocycles. The van der Waals surface area contributed by atoms with Gasteiger partial charge in [-0.1, -0.05) is 17.9 Å². The van der Waals surface area contributed by atoms with E-state index in [1.165, 1.54) is 0 Å². The van der Waals surface area contributed by atoms with E-state index >= 15 is 0 Å². The normalized spacial score (nSPS) is 9.65. The zero-order valence-corrected chi connectivity index (χ0v) is 11.8. The molecular weight excluding hydrogens is 272 g/mol. The van der Waals surface area contributed by atoms with Gasteiger partial charge in [-0.3, -0.25) is 9.97 Å². The third-order valence-corrected chi connectivity index (χ3v) is 2.74. The lowest BCUT2D eigenvalue weighted by molar-refractivity contribution is 0.320. The van der Waals surface area contributed by atoms with E-state index < -0.39 is 0 Å². The largest absolute Gasteiger partial charge is 0.492 e. The number of aromatic nitrogens is 2. The zero-order valence-electron chi connectivity index (χ0n) is 11.1. The third kappa shape index (κ3) is 4.91. The fourth-order valence-corrected chi connectivity index (χ4v) is 1.71. The van der Waals surface area contributed by atoms with Crippen LogP contribution in [0.2, 0.25) is 0 Å². The highest BCUT2D eigenvalue weighted by Gasteiger charge is 1.97. The number of rotatable bonds is 5. The fraction of sp³-hybridized carbons (Fsp3) is 0.250. The minimum atomic E-state index is 0.543. The summed E-state index contributed by atoms with van der Waals surface area (Å²) in [6.45, 7) is 0.589. The molecule has 20 heavy (non-hydrogen) atoms. The minimum absolute atomic E-state index is 0.543. The number of alkyl halides is 1. The third-order valence-electron chi connectivity index (χ3n) is 2.55. The molecule has 0 saturated carbocycles. The molecule has 0 spiro atoms. The highest BCUT2D eigenvalue weighted by molar-refractivity contribution is 6.18. The van der Waals surface area contributed by atoms with Crippen LogP contribution in [-0.2, 0) is 6.42 Å². The van der Waals surface area contributed by atoms with E-state index in [-0.39, 0.29) is 0 Å². The van der Waals surface area contributed by atoms with Gasteiger partial charge in [0.1, 0.15) is 5.75 Å². The Balaban J connectivity index is 1.87. The van der Waals surface area contributed by atoms with Gasteiger partial charge in [-0.15, -0.1) is 11.6 Å². The van der Waals surface area contributed by atoms with Crippen molar-refractivity contribution < 1.29 is 4.74 Å². The Morgan fingerprint density at radius 2 is 2.15 bits per heavy atom. The van der Waals surface area contributed by atoms with Crippen molar-refractivity contribution in [3.8, 4) is 17.6 Å². The van der Waals surface area contributed by atoms with Crippen LogP contribution >= 0.6 is 11.6 Å². The highest BCUT2D eigenvalue weighted by atomic mass is 35.5. The maximum atomic E-state index is 5.67. The molecule has 2 heterocycles. The van der Waals surface area contributed by atoms with Crippen molar-refractivity contribution in [2.75, 3.05) is 12.5 Å². The number of hydrogen-bond acceptors (Lipinski definition) is 3. The van der Waals surface area contributed by atoms with E-state index in [4.69, 9.17) is 16.3 Å². The van der Waals surface area contributed by atoms with Crippen LogP contribution in [0.5, 0.6) is 5.75 Å². The lowest BCUT2D eigenvalue weighted by Gasteiger charge is -2.05. The van der Waals surface area contributed by atoms with Crippen molar-refractivity contribution in [2.45, 2.75) is 12.8 Å². The summed E-state index contributed by atoms with van der Waals surface area (Å²) in [6.07, 6.45) is 8.50. The Hall–Kier alpha value is -2.05. The molecule has 0 radical (unpaired) electrons. The first-order chi connectivity index (χ1) is 9.88. The van der Waals surface area contributed by atoms with Gasteiger partial charge in [-0.2, -0.15) is 0 Å². The van der Waals surface area contributed by atoms with Crippen molar-refractivity contribution in [1.82, 2.24) is 9.97 Å². The Labute approximate surface area is 124 Å². The summed E-state index contributed by atoms with van der Waals surface area (Å²) in [7, 11) is 0. The number of halogens is 1. The molecule has 0 aromatic carbocycles. The van der Waals surface area contributed by atoms with Crippen molar-refractivity contribution in [3.63, 3.8) is 0 Å². The molecule has 2 aromatic heterocycles. The first-order valence-corrected chi connectivity index (χ1v) is 6.93. The molecule has 0 bridgehead atoms. The number of pyridine rings is 2. The molecule has 4 heteroatoms. The van der Waals surface area contributed by atoms with Gasteiger partial charge in [0.15, 0.2) is 0 Å².